The maximum absolute atomic E-state index is 6.07. The first-order valence-corrected chi connectivity index (χ1v) is 8.80. The standard InChI is InChI=1S/C17H28N2OS/c1-12(2)20-16-7-5-15(6-8-16)17(9-18)19-10-13(3)21-14(4)11-19/h5-8,12-14,17H,9-11,18H2,1-4H3. The van der Waals surface area contributed by atoms with Crippen LogP contribution in [0.25, 0.3) is 0 Å². The first-order valence-electron chi connectivity index (χ1n) is 7.85. The van der Waals surface area contributed by atoms with E-state index in [-0.39, 0.29) is 6.10 Å². The molecule has 2 N–H and O–H groups in total. The molecule has 0 spiro atoms. The van der Waals surface area contributed by atoms with E-state index in [1.165, 1.54) is 5.56 Å². The van der Waals surface area contributed by atoms with Gasteiger partial charge >= 0.3 is 0 Å². The SMILES string of the molecule is CC(C)Oc1ccc(C(CN)N2CC(C)SC(C)C2)cc1. The van der Waals surface area contributed by atoms with E-state index < -0.39 is 0 Å². The molecule has 0 saturated carbocycles. The van der Waals surface area contributed by atoms with Crippen LogP contribution in [-0.4, -0.2) is 41.1 Å². The molecule has 1 aliphatic heterocycles. The van der Waals surface area contributed by atoms with E-state index in [1.54, 1.807) is 0 Å². The van der Waals surface area contributed by atoms with Crippen LogP contribution >= 0.6 is 11.8 Å². The summed E-state index contributed by atoms with van der Waals surface area (Å²) in [7, 11) is 0. The molecule has 0 aromatic heterocycles. The molecule has 0 amide bonds. The average Bonchev–Trinajstić information content (AvgIpc) is 2.40. The van der Waals surface area contributed by atoms with Gasteiger partial charge in [-0.2, -0.15) is 11.8 Å². The lowest BCUT2D eigenvalue weighted by atomic mass is 10.0. The Hall–Kier alpha value is -0.710. The van der Waals surface area contributed by atoms with E-state index in [0.29, 0.717) is 23.1 Å². The van der Waals surface area contributed by atoms with E-state index >= 15 is 0 Å². The van der Waals surface area contributed by atoms with Crippen molar-refractivity contribution in [1.82, 2.24) is 4.90 Å². The fourth-order valence-electron chi connectivity index (χ4n) is 3.01. The molecular formula is C17H28N2OS. The average molecular weight is 308 g/mol. The second-order valence-corrected chi connectivity index (χ2v) is 8.08. The number of hydrogen-bond donors (Lipinski definition) is 1. The normalized spacial score (nSPS) is 25.0. The van der Waals surface area contributed by atoms with Crippen LogP contribution in [0.5, 0.6) is 5.75 Å². The zero-order chi connectivity index (χ0) is 15.4. The summed E-state index contributed by atoms with van der Waals surface area (Å²) in [4.78, 5) is 2.53. The van der Waals surface area contributed by atoms with Gasteiger partial charge in [0.25, 0.3) is 0 Å². The van der Waals surface area contributed by atoms with Gasteiger partial charge in [0.2, 0.25) is 0 Å². The Morgan fingerprint density at radius 3 is 2.24 bits per heavy atom. The maximum atomic E-state index is 6.07. The summed E-state index contributed by atoms with van der Waals surface area (Å²) in [6, 6.07) is 8.75. The Balaban J connectivity index is 2.09. The predicted molar refractivity (Wildman–Crippen MR) is 92.1 cm³/mol. The van der Waals surface area contributed by atoms with E-state index in [2.05, 4.69) is 54.8 Å². The molecule has 4 heteroatoms. The van der Waals surface area contributed by atoms with Crippen LogP contribution in [0.3, 0.4) is 0 Å². The molecule has 2 rings (SSSR count). The van der Waals surface area contributed by atoms with Gasteiger partial charge in [-0.1, -0.05) is 26.0 Å². The van der Waals surface area contributed by atoms with E-state index in [1.807, 2.05) is 13.8 Å². The second kappa shape index (κ2) is 7.52. The van der Waals surface area contributed by atoms with Crippen molar-refractivity contribution >= 4 is 11.8 Å². The topological polar surface area (TPSA) is 38.5 Å². The van der Waals surface area contributed by atoms with Crippen LogP contribution < -0.4 is 10.5 Å². The van der Waals surface area contributed by atoms with Gasteiger partial charge in [-0.3, -0.25) is 4.90 Å². The zero-order valence-electron chi connectivity index (χ0n) is 13.6. The van der Waals surface area contributed by atoms with Crippen LogP contribution in [0.1, 0.15) is 39.3 Å². The van der Waals surface area contributed by atoms with E-state index in [9.17, 15) is 0 Å². The Bertz CT molecular complexity index is 425. The van der Waals surface area contributed by atoms with Crippen molar-refractivity contribution in [3.63, 3.8) is 0 Å². The summed E-state index contributed by atoms with van der Waals surface area (Å²) in [5, 5.41) is 1.35. The molecule has 0 bridgehead atoms. The second-order valence-electron chi connectivity index (χ2n) is 6.20. The van der Waals surface area contributed by atoms with Gasteiger partial charge in [-0.25, -0.2) is 0 Å². The summed E-state index contributed by atoms with van der Waals surface area (Å²) in [6.07, 6.45) is 0.210. The molecule has 1 aromatic carbocycles. The van der Waals surface area contributed by atoms with E-state index in [0.717, 1.165) is 18.8 Å². The first-order chi connectivity index (χ1) is 9.99. The molecular weight excluding hydrogens is 280 g/mol. The number of ether oxygens (including phenoxy) is 1. The largest absolute Gasteiger partial charge is 0.491 e. The van der Waals surface area contributed by atoms with Crippen molar-refractivity contribution in [2.24, 2.45) is 5.73 Å². The summed E-state index contributed by atoms with van der Waals surface area (Å²) in [6.45, 7) is 11.6. The fraction of sp³-hybridized carbons (Fsp3) is 0.647. The third kappa shape index (κ3) is 4.63. The summed E-state index contributed by atoms with van der Waals surface area (Å²) in [5.74, 6) is 0.931. The van der Waals surface area contributed by atoms with Crippen molar-refractivity contribution in [1.29, 1.82) is 0 Å². The highest BCUT2D eigenvalue weighted by Crippen LogP contribution is 2.31. The molecule has 21 heavy (non-hydrogen) atoms. The van der Waals surface area contributed by atoms with Crippen LogP contribution in [-0.2, 0) is 0 Å². The van der Waals surface area contributed by atoms with Crippen LogP contribution in [0.2, 0.25) is 0 Å². The summed E-state index contributed by atoms with van der Waals surface area (Å²) < 4.78 is 5.71. The van der Waals surface area contributed by atoms with Crippen molar-refractivity contribution in [2.75, 3.05) is 19.6 Å². The Morgan fingerprint density at radius 2 is 1.76 bits per heavy atom. The molecule has 0 radical (unpaired) electrons. The Morgan fingerprint density at radius 1 is 1.19 bits per heavy atom. The van der Waals surface area contributed by atoms with Gasteiger partial charge in [0.15, 0.2) is 0 Å². The van der Waals surface area contributed by atoms with Gasteiger partial charge < -0.3 is 10.5 Å². The summed E-state index contributed by atoms with van der Waals surface area (Å²) >= 11 is 2.07. The molecule has 3 nitrogen and oxygen atoms in total. The van der Waals surface area contributed by atoms with Crippen molar-refractivity contribution < 1.29 is 4.74 Å². The van der Waals surface area contributed by atoms with Gasteiger partial charge in [-0.15, -0.1) is 0 Å². The molecule has 1 fully saturated rings. The maximum Gasteiger partial charge on any atom is 0.119 e. The highest BCUT2D eigenvalue weighted by atomic mass is 32.2. The molecule has 3 unspecified atom stereocenters. The number of benzene rings is 1. The fourth-order valence-corrected chi connectivity index (χ4v) is 4.36. The quantitative estimate of drug-likeness (QED) is 0.906. The van der Waals surface area contributed by atoms with Gasteiger partial charge in [0.1, 0.15) is 5.75 Å². The molecule has 1 aromatic rings. The lowest BCUT2D eigenvalue weighted by Gasteiger charge is -2.39. The highest BCUT2D eigenvalue weighted by Gasteiger charge is 2.28. The molecule has 0 aliphatic carbocycles. The molecule has 118 valence electrons. The number of rotatable bonds is 5. The lowest BCUT2D eigenvalue weighted by molar-refractivity contribution is 0.199. The van der Waals surface area contributed by atoms with Crippen LogP contribution in [0.15, 0.2) is 24.3 Å². The molecule has 1 saturated heterocycles. The zero-order valence-corrected chi connectivity index (χ0v) is 14.4. The van der Waals surface area contributed by atoms with Gasteiger partial charge in [0, 0.05) is 36.2 Å². The van der Waals surface area contributed by atoms with Gasteiger partial charge in [-0.05, 0) is 31.5 Å². The van der Waals surface area contributed by atoms with Crippen LogP contribution in [0, 0.1) is 0 Å². The highest BCUT2D eigenvalue weighted by molar-refractivity contribution is 8.00. The molecule has 3 atom stereocenters. The van der Waals surface area contributed by atoms with Crippen molar-refractivity contribution in [2.45, 2.75) is 50.3 Å². The predicted octanol–water partition coefficient (Wildman–Crippen LogP) is 3.30. The Kier molecular flexibility index (Phi) is 5.97. The number of nitrogens with two attached hydrogens (primary N) is 1. The third-order valence-corrected chi connectivity index (χ3v) is 4.98. The van der Waals surface area contributed by atoms with Crippen LogP contribution in [0.4, 0.5) is 0 Å². The van der Waals surface area contributed by atoms with Gasteiger partial charge in [0.05, 0.1) is 6.10 Å². The first kappa shape index (κ1) is 16.7. The number of thioether (sulfide) groups is 1. The molecule has 1 aliphatic rings. The minimum absolute atomic E-state index is 0.210. The molecule has 1 heterocycles. The minimum Gasteiger partial charge on any atom is -0.491 e. The summed E-state index contributed by atoms with van der Waals surface area (Å²) in [5.41, 5.74) is 7.36. The van der Waals surface area contributed by atoms with E-state index in [4.69, 9.17) is 10.5 Å². The van der Waals surface area contributed by atoms with Crippen molar-refractivity contribution in [3.05, 3.63) is 29.8 Å². The lowest BCUT2D eigenvalue weighted by Crippen LogP contribution is -2.44. The number of nitrogens with zero attached hydrogens (tertiary/aromatic N) is 1. The third-order valence-electron chi connectivity index (χ3n) is 3.75. The Labute approximate surface area is 133 Å². The van der Waals surface area contributed by atoms with Crippen molar-refractivity contribution in [3.8, 4) is 5.75 Å². The minimum atomic E-state index is 0.210. The smallest absolute Gasteiger partial charge is 0.119 e. The monoisotopic (exact) mass is 308 g/mol. The number of hydrogen-bond acceptors (Lipinski definition) is 4.